The van der Waals surface area contributed by atoms with Gasteiger partial charge in [-0.05, 0) is 36.3 Å². The molecule has 2 aliphatic rings. The van der Waals surface area contributed by atoms with Crippen LogP contribution in [0.1, 0.15) is 12.2 Å². The highest BCUT2D eigenvalue weighted by atomic mass is 35.5. The summed E-state index contributed by atoms with van der Waals surface area (Å²) in [6.07, 6.45) is 0.436. The van der Waals surface area contributed by atoms with Gasteiger partial charge in [-0.2, -0.15) is 13.2 Å². The van der Waals surface area contributed by atoms with Gasteiger partial charge in [0.1, 0.15) is 0 Å². The maximum Gasteiger partial charge on any atom is 0.416 e. The molecule has 25 heavy (non-hydrogen) atoms. The number of aromatic nitrogens is 3. The summed E-state index contributed by atoms with van der Waals surface area (Å²) < 4.78 is 39.0. The standard InChI is InChI=1S/C17H12ClF3N4/c18-9-4-6-10(7-5-9)22-16-23-15(24-25-16)11-2-1-3-14(17(19,20)21)13-8-12(11)13/h2-8,12H,1H2,(H2,22,23,24,25)/t12-/m1/s1. The first-order chi connectivity index (χ1) is 11.9. The minimum absolute atomic E-state index is 0.207. The molecule has 128 valence electrons. The lowest BCUT2D eigenvalue weighted by atomic mass is 10.1. The second kappa shape index (κ2) is 5.77. The molecule has 4 nitrogen and oxygen atoms in total. The van der Waals surface area contributed by atoms with E-state index in [9.17, 15) is 13.2 Å². The average molecular weight is 365 g/mol. The van der Waals surface area contributed by atoms with Gasteiger partial charge in [0.25, 0.3) is 0 Å². The minimum atomic E-state index is -4.33. The normalized spacial score (nSPS) is 19.4. The Hall–Kier alpha value is -2.54. The molecule has 0 amide bonds. The first-order valence-corrected chi connectivity index (χ1v) is 7.95. The third-order valence-corrected chi connectivity index (χ3v) is 4.30. The van der Waals surface area contributed by atoms with Crippen molar-refractivity contribution in [2.75, 3.05) is 5.32 Å². The van der Waals surface area contributed by atoms with Crippen LogP contribution in [-0.2, 0) is 0 Å². The van der Waals surface area contributed by atoms with Crippen LogP contribution in [0.25, 0.3) is 5.57 Å². The Morgan fingerprint density at radius 3 is 2.56 bits per heavy atom. The second-order valence-electron chi connectivity index (χ2n) is 5.76. The van der Waals surface area contributed by atoms with Gasteiger partial charge >= 0.3 is 6.18 Å². The fourth-order valence-electron chi connectivity index (χ4n) is 2.84. The van der Waals surface area contributed by atoms with Crippen molar-refractivity contribution in [2.24, 2.45) is 5.92 Å². The molecule has 2 N–H and O–H groups in total. The number of alkyl halides is 3. The lowest BCUT2D eigenvalue weighted by Crippen LogP contribution is -2.11. The van der Waals surface area contributed by atoms with Crippen LogP contribution in [0.15, 0.2) is 53.6 Å². The molecule has 4 rings (SSSR count). The maximum absolute atomic E-state index is 13.0. The molecule has 1 atom stereocenters. The quantitative estimate of drug-likeness (QED) is 0.802. The number of aromatic amines is 1. The fourth-order valence-corrected chi connectivity index (χ4v) is 2.96. The zero-order chi connectivity index (χ0) is 17.6. The lowest BCUT2D eigenvalue weighted by molar-refractivity contribution is -0.0892. The molecule has 8 heteroatoms. The number of rotatable bonds is 3. The van der Waals surface area contributed by atoms with Crippen molar-refractivity contribution < 1.29 is 13.2 Å². The molecule has 0 aliphatic heterocycles. The van der Waals surface area contributed by atoms with Crippen LogP contribution >= 0.6 is 11.6 Å². The molecule has 0 saturated heterocycles. The largest absolute Gasteiger partial charge is 0.416 e. The highest BCUT2D eigenvalue weighted by Gasteiger charge is 2.45. The zero-order valence-electron chi connectivity index (χ0n) is 12.7. The Kier molecular flexibility index (Phi) is 3.68. The topological polar surface area (TPSA) is 53.6 Å². The smallest absolute Gasteiger partial charge is 0.324 e. The summed E-state index contributed by atoms with van der Waals surface area (Å²) in [5.41, 5.74) is 1.23. The number of fused-ring (bicyclic) bond motifs is 1. The SMILES string of the molecule is FC(F)(F)C1=CCC=C(c2nnc(Nc3ccc(Cl)cc3)[nH]2)[C@H]2C=C12. The van der Waals surface area contributed by atoms with E-state index in [-0.39, 0.29) is 12.3 Å². The molecule has 2 aromatic rings. The molecule has 0 saturated carbocycles. The fraction of sp³-hybridized carbons (Fsp3) is 0.176. The van der Waals surface area contributed by atoms with Crippen LogP contribution in [0.4, 0.5) is 24.8 Å². The van der Waals surface area contributed by atoms with Crippen molar-refractivity contribution >= 4 is 28.8 Å². The molecule has 0 unspecified atom stereocenters. The van der Waals surface area contributed by atoms with Gasteiger partial charge in [0.15, 0.2) is 5.82 Å². The first-order valence-electron chi connectivity index (χ1n) is 7.57. The van der Waals surface area contributed by atoms with Crippen LogP contribution in [0, 0.1) is 5.92 Å². The van der Waals surface area contributed by atoms with Crippen LogP contribution in [-0.4, -0.2) is 21.4 Å². The van der Waals surface area contributed by atoms with E-state index in [2.05, 4.69) is 20.5 Å². The predicted molar refractivity (Wildman–Crippen MR) is 89.4 cm³/mol. The summed E-state index contributed by atoms with van der Waals surface area (Å²) in [4.78, 5) is 3.01. The highest BCUT2D eigenvalue weighted by molar-refractivity contribution is 6.30. The summed E-state index contributed by atoms with van der Waals surface area (Å²) in [6, 6.07) is 7.05. The van der Waals surface area contributed by atoms with Gasteiger partial charge < -0.3 is 10.3 Å². The number of anilines is 2. The van der Waals surface area contributed by atoms with Gasteiger partial charge in [0, 0.05) is 22.2 Å². The number of benzene rings is 1. The van der Waals surface area contributed by atoms with Gasteiger partial charge in [-0.15, -0.1) is 10.2 Å². The predicted octanol–water partition coefficient (Wildman–Crippen LogP) is 5.03. The summed E-state index contributed by atoms with van der Waals surface area (Å²) in [5, 5.41) is 11.7. The molecule has 0 spiro atoms. The minimum Gasteiger partial charge on any atom is -0.324 e. The Morgan fingerprint density at radius 2 is 1.84 bits per heavy atom. The molecule has 1 aromatic carbocycles. The number of H-pyrrole nitrogens is 1. The Bertz CT molecular complexity index is 907. The number of halogens is 4. The van der Waals surface area contributed by atoms with Gasteiger partial charge in [0.05, 0.1) is 5.57 Å². The summed E-state index contributed by atoms with van der Waals surface area (Å²) in [6.45, 7) is 0. The third kappa shape index (κ3) is 3.19. The van der Waals surface area contributed by atoms with Crippen molar-refractivity contribution in [1.82, 2.24) is 15.2 Å². The Balaban J connectivity index is 1.51. The molecular weight excluding hydrogens is 353 g/mol. The Labute approximate surface area is 146 Å². The molecule has 1 aromatic heterocycles. The van der Waals surface area contributed by atoms with E-state index in [1.54, 1.807) is 36.4 Å². The van der Waals surface area contributed by atoms with Crippen LogP contribution < -0.4 is 5.32 Å². The van der Waals surface area contributed by atoms with Gasteiger partial charge in [-0.3, -0.25) is 0 Å². The number of allylic oxidation sites excluding steroid dienone is 6. The van der Waals surface area contributed by atoms with E-state index in [0.29, 0.717) is 27.9 Å². The highest BCUT2D eigenvalue weighted by Crippen LogP contribution is 2.50. The molecule has 0 bridgehead atoms. The monoisotopic (exact) mass is 364 g/mol. The van der Waals surface area contributed by atoms with Gasteiger partial charge in [0.2, 0.25) is 5.95 Å². The summed E-state index contributed by atoms with van der Waals surface area (Å²) in [7, 11) is 0. The van der Waals surface area contributed by atoms with E-state index >= 15 is 0 Å². The summed E-state index contributed by atoms with van der Waals surface area (Å²) in [5.74, 6) is 0.518. The van der Waals surface area contributed by atoms with Crippen molar-refractivity contribution in [3.8, 4) is 0 Å². The van der Waals surface area contributed by atoms with Gasteiger partial charge in [-0.25, -0.2) is 0 Å². The van der Waals surface area contributed by atoms with Crippen molar-refractivity contribution in [3.05, 3.63) is 64.5 Å². The average Bonchev–Trinajstić information content (AvgIpc) is 3.21. The van der Waals surface area contributed by atoms with Crippen molar-refractivity contribution in [2.45, 2.75) is 12.6 Å². The van der Waals surface area contributed by atoms with E-state index < -0.39 is 11.7 Å². The van der Waals surface area contributed by atoms with E-state index in [1.165, 1.54) is 6.08 Å². The number of hydrogen-bond acceptors (Lipinski definition) is 3. The second-order valence-corrected chi connectivity index (χ2v) is 6.20. The van der Waals surface area contributed by atoms with E-state index in [1.807, 2.05) is 0 Å². The summed E-state index contributed by atoms with van der Waals surface area (Å²) >= 11 is 5.84. The van der Waals surface area contributed by atoms with Crippen LogP contribution in [0.2, 0.25) is 5.02 Å². The van der Waals surface area contributed by atoms with Crippen molar-refractivity contribution in [3.63, 3.8) is 0 Å². The Morgan fingerprint density at radius 1 is 1.08 bits per heavy atom. The first kappa shape index (κ1) is 16.0. The lowest BCUT2D eigenvalue weighted by Gasteiger charge is -2.09. The van der Waals surface area contributed by atoms with Crippen LogP contribution in [0.5, 0.6) is 0 Å². The number of nitrogens with one attached hydrogen (secondary N) is 2. The zero-order valence-corrected chi connectivity index (χ0v) is 13.5. The molecule has 1 heterocycles. The molecular formula is C17H12ClF3N4. The van der Waals surface area contributed by atoms with Crippen LogP contribution in [0.3, 0.4) is 0 Å². The number of hydrogen-bond donors (Lipinski definition) is 2. The molecule has 0 radical (unpaired) electrons. The maximum atomic E-state index is 13.0. The van der Waals surface area contributed by atoms with E-state index in [0.717, 1.165) is 5.69 Å². The number of nitrogens with zero attached hydrogens (tertiary/aromatic N) is 2. The van der Waals surface area contributed by atoms with Gasteiger partial charge in [-0.1, -0.05) is 29.8 Å². The van der Waals surface area contributed by atoms with Crippen molar-refractivity contribution in [1.29, 1.82) is 0 Å². The molecule has 0 fully saturated rings. The third-order valence-electron chi connectivity index (χ3n) is 4.05. The molecule has 2 aliphatic carbocycles. The van der Waals surface area contributed by atoms with E-state index in [4.69, 9.17) is 11.6 Å².